The van der Waals surface area contributed by atoms with Gasteiger partial charge in [-0.3, -0.25) is 14.4 Å². The Morgan fingerprint density at radius 3 is 2.53 bits per heavy atom. The highest BCUT2D eigenvalue weighted by Gasteiger charge is 2.46. The summed E-state index contributed by atoms with van der Waals surface area (Å²) in [6.07, 6.45) is 4.17. The molecule has 0 saturated carbocycles. The number of fused-ring (bicyclic) bond motifs is 2. The minimum Gasteiger partial charge on any atom is -0.350 e. The monoisotopic (exact) mass is 522 g/mol. The number of aryl methyl sites for hydroxylation is 1. The number of ketones is 1. The number of hydrogen-bond donors (Lipinski definition) is 1. The van der Waals surface area contributed by atoms with Crippen LogP contribution in [-0.4, -0.2) is 80.4 Å². The van der Waals surface area contributed by atoms with Gasteiger partial charge in [0.2, 0.25) is 11.8 Å². The lowest BCUT2D eigenvalue weighted by Gasteiger charge is -2.51. The molecule has 2 saturated heterocycles. The van der Waals surface area contributed by atoms with Gasteiger partial charge in [0.15, 0.2) is 5.78 Å². The molecular weight excluding hydrogens is 484 g/mol. The number of hydrazine groups is 1. The highest BCUT2D eigenvalue weighted by molar-refractivity contribution is 6.09. The number of carbonyl (C=O) groups is 4. The van der Waals surface area contributed by atoms with Gasteiger partial charge >= 0.3 is 6.03 Å². The van der Waals surface area contributed by atoms with E-state index in [1.54, 1.807) is 16.0 Å². The number of benzene rings is 1. The van der Waals surface area contributed by atoms with Crippen molar-refractivity contribution in [2.45, 2.75) is 59.8 Å². The summed E-state index contributed by atoms with van der Waals surface area (Å²) in [5, 5.41) is 3.79. The molecule has 1 aromatic carbocycles. The Morgan fingerprint density at radius 1 is 1.16 bits per heavy atom. The smallest absolute Gasteiger partial charge is 0.331 e. The number of nitrogens with two attached hydrogens (primary N) is 1. The summed E-state index contributed by atoms with van der Waals surface area (Å²) >= 11 is 0. The quantitative estimate of drug-likeness (QED) is 0.423. The van der Waals surface area contributed by atoms with E-state index in [1.807, 2.05) is 45.2 Å². The molecule has 1 atom stereocenters. The van der Waals surface area contributed by atoms with Crippen LogP contribution in [0.25, 0.3) is 10.9 Å². The molecule has 1 aromatic heterocycles. The van der Waals surface area contributed by atoms with Crippen LogP contribution >= 0.6 is 0 Å². The topological polar surface area (TPSA) is 112 Å². The van der Waals surface area contributed by atoms with E-state index < -0.39 is 12.2 Å². The van der Waals surface area contributed by atoms with Crippen molar-refractivity contribution in [3.05, 3.63) is 48.2 Å². The maximum atomic E-state index is 13.2. The first kappa shape index (κ1) is 27.4. The van der Waals surface area contributed by atoms with Crippen molar-refractivity contribution < 1.29 is 19.2 Å². The molecule has 2 aliphatic rings. The summed E-state index contributed by atoms with van der Waals surface area (Å²) in [4.78, 5) is 54.7. The Labute approximate surface area is 223 Å². The number of piperazine rings is 1. The standard InChI is InChI=1S/C28H38N6O4/c1-6-11-30-15-21(22(35)13-28(3,4)5)20-10-8-9-19(26(20)30)14-31-16-23-33(18-24(31)36)25(37)17-32(12-7-2)34(23)27(29)38/h7-10,15,23H,2,6,11-14,16-18H2,1,3-5H3,(H2,29,38). The van der Waals surface area contributed by atoms with E-state index >= 15 is 0 Å². The molecule has 0 spiro atoms. The average Bonchev–Trinajstić information content (AvgIpc) is 3.19. The van der Waals surface area contributed by atoms with Crippen LogP contribution in [-0.2, 0) is 22.7 Å². The fraction of sp³-hybridized carbons (Fsp3) is 0.500. The van der Waals surface area contributed by atoms with Crippen molar-refractivity contribution in [1.82, 2.24) is 24.4 Å². The number of para-hydroxylation sites is 1. The second-order valence-electron chi connectivity index (χ2n) is 11.3. The lowest BCUT2D eigenvalue weighted by atomic mass is 9.88. The number of rotatable bonds is 8. The fourth-order valence-electron chi connectivity index (χ4n) is 5.45. The normalized spacial score (nSPS) is 18.7. The molecule has 10 heteroatoms. The van der Waals surface area contributed by atoms with E-state index in [4.69, 9.17) is 5.73 Å². The van der Waals surface area contributed by atoms with Gasteiger partial charge in [-0.15, -0.1) is 6.58 Å². The number of primary amides is 1. The molecule has 204 valence electrons. The van der Waals surface area contributed by atoms with Gasteiger partial charge in [0.25, 0.3) is 0 Å². The number of amides is 4. The van der Waals surface area contributed by atoms with Gasteiger partial charge in [-0.1, -0.05) is 52.0 Å². The van der Waals surface area contributed by atoms with Crippen molar-refractivity contribution in [2.75, 3.05) is 26.2 Å². The van der Waals surface area contributed by atoms with E-state index in [2.05, 4.69) is 18.1 Å². The van der Waals surface area contributed by atoms with Crippen LogP contribution < -0.4 is 5.73 Å². The predicted octanol–water partition coefficient (Wildman–Crippen LogP) is 2.96. The van der Waals surface area contributed by atoms with Crippen LogP contribution in [0.3, 0.4) is 0 Å². The zero-order chi connectivity index (χ0) is 27.8. The Balaban J connectivity index is 1.69. The highest BCUT2D eigenvalue weighted by Crippen LogP contribution is 2.31. The molecule has 2 aliphatic heterocycles. The van der Waals surface area contributed by atoms with Crippen LogP contribution in [0.2, 0.25) is 0 Å². The minimum absolute atomic E-state index is 0.0477. The number of Topliss-reactive ketones (excluding diaryl/α,β-unsaturated/α-hetero) is 1. The molecule has 38 heavy (non-hydrogen) atoms. The zero-order valence-corrected chi connectivity index (χ0v) is 22.8. The van der Waals surface area contributed by atoms with Crippen LogP contribution in [0.1, 0.15) is 56.5 Å². The second kappa shape index (κ2) is 10.6. The van der Waals surface area contributed by atoms with Crippen molar-refractivity contribution in [1.29, 1.82) is 0 Å². The second-order valence-corrected chi connectivity index (χ2v) is 11.3. The Hall–Kier alpha value is -3.66. The van der Waals surface area contributed by atoms with Crippen LogP contribution in [0.5, 0.6) is 0 Å². The number of nitrogens with zero attached hydrogens (tertiary/aromatic N) is 5. The van der Waals surface area contributed by atoms with E-state index in [0.717, 1.165) is 29.4 Å². The van der Waals surface area contributed by atoms with Crippen molar-refractivity contribution >= 4 is 34.5 Å². The molecule has 1 unspecified atom stereocenters. The molecule has 3 heterocycles. The number of carbonyl (C=O) groups excluding carboxylic acids is 4. The third-order valence-electron chi connectivity index (χ3n) is 6.99. The summed E-state index contributed by atoms with van der Waals surface area (Å²) in [6.45, 7) is 13.2. The maximum Gasteiger partial charge on any atom is 0.331 e. The molecule has 4 amide bonds. The van der Waals surface area contributed by atoms with Gasteiger partial charge in [-0.05, 0) is 17.4 Å². The van der Waals surface area contributed by atoms with Gasteiger partial charge in [0.05, 0.1) is 18.6 Å². The van der Waals surface area contributed by atoms with Gasteiger partial charge in [-0.25, -0.2) is 14.8 Å². The lowest BCUT2D eigenvalue weighted by molar-refractivity contribution is -0.180. The number of urea groups is 1. The largest absolute Gasteiger partial charge is 0.350 e. The minimum atomic E-state index is -0.697. The summed E-state index contributed by atoms with van der Waals surface area (Å²) in [7, 11) is 0. The molecule has 4 rings (SSSR count). The first-order valence-electron chi connectivity index (χ1n) is 13.1. The van der Waals surface area contributed by atoms with E-state index in [9.17, 15) is 19.2 Å². The van der Waals surface area contributed by atoms with E-state index in [1.165, 1.54) is 9.91 Å². The van der Waals surface area contributed by atoms with Gasteiger partial charge in [0.1, 0.15) is 12.7 Å². The SMILES string of the molecule is C=CCN1CC(=O)N2CC(=O)N(Cc3cccc4c(C(=O)CC(C)(C)C)cn(CCC)c34)CC2N1C(N)=O. The summed E-state index contributed by atoms with van der Waals surface area (Å²) < 4.78 is 2.10. The molecule has 2 N–H and O–H groups in total. The maximum absolute atomic E-state index is 13.2. The van der Waals surface area contributed by atoms with Gasteiger partial charge < -0.3 is 20.1 Å². The van der Waals surface area contributed by atoms with Crippen molar-refractivity contribution in [3.63, 3.8) is 0 Å². The molecule has 10 nitrogen and oxygen atoms in total. The van der Waals surface area contributed by atoms with Crippen LogP contribution in [0.4, 0.5) is 4.79 Å². The van der Waals surface area contributed by atoms with Crippen LogP contribution in [0.15, 0.2) is 37.1 Å². The highest BCUT2D eigenvalue weighted by atomic mass is 16.2. The first-order valence-corrected chi connectivity index (χ1v) is 13.1. The number of aromatic nitrogens is 1. The van der Waals surface area contributed by atoms with E-state index in [0.29, 0.717) is 12.0 Å². The molecule has 0 aliphatic carbocycles. The van der Waals surface area contributed by atoms with Gasteiger partial charge in [0, 0.05) is 43.2 Å². The molecule has 2 fully saturated rings. The third kappa shape index (κ3) is 5.31. The Morgan fingerprint density at radius 2 is 1.89 bits per heavy atom. The predicted molar refractivity (Wildman–Crippen MR) is 145 cm³/mol. The number of hydrogen-bond acceptors (Lipinski definition) is 5. The molecule has 0 radical (unpaired) electrons. The van der Waals surface area contributed by atoms with E-state index in [-0.39, 0.29) is 55.7 Å². The average molecular weight is 523 g/mol. The Kier molecular flexibility index (Phi) is 7.64. The molecule has 0 bridgehead atoms. The lowest BCUT2D eigenvalue weighted by Crippen LogP contribution is -2.73. The summed E-state index contributed by atoms with van der Waals surface area (Å²) in [5.41, 5.74) is 8.11. The third-order valence-corrected chi connectivity index (χ3v) is 6.99. The first-order chi connectivity index (χ1) is 17.9. The molecular formula is C28H38N6O4. The zero-order valence-electron chi connectivity index (χ0n) is 22.8. The fourth-order valence-corrected chi connectivity index (χ4v) is 5.45. The molecule has 2 aromatic rings. The Bertz CT molecular complexity index is 1280. The van der Waals surface area contributed by atoms with Crippen LogP contribution in [0, 0.1) is 5.41 Å². The summed E-state index contributed by atoms with van der Waals surface area (Å²) in [6, 6.07) is 5.15. The van der Waals surface area contributed by atoms with Crippen molar-refractivity contribution in [2.24, 2.45) is 11.1 Å². The van der Waals surface area contributed by atoms with Crippen molar-refractivity contribution in [3.8, 4) is 0 Å². The van der Waals surface area contributed by atoms with Gasteiger partial charge in [-0.2, -0.15) is 0 Å². The summed E-state index contributed by atoms with van der Waals surface area (Å²) in [5.74, 6) is -0.339.